The Hall–Kier alpha value is -3.73. The van der Waals surface area contributed by atoms with E-state index in [9.17, 15) is 9.59 Å². The number of fused-ring (bicyclic) bond motifs is 1. The fourth-order valence-corrected chi connectivity index (χ4v) is 6.92. The number of hydrogen-bond donors (Lipinski definition) is 0. The molecule has 4 aromatic rings. The lowest BCUT2D eigenvalue weighted by Gasteiger charge is -2.26. The van der Waals surface area contributed by atoms with Crippen LogP contribution in [0.5, 0.6) is 0 Å². The van der Waals surface area contributed by atoms with E-state index in [2.05, 4.69) is 34.7 Å². The molecule has 0 N–H and O–H groups in total. The van der Waals surface area contributed by atoms with Crippen LogP contribution in [0.3, 0.4) is 0 Å². The van der Waals surface area contributed by atoms with Gasteiger partial charge >= 0.3 is 5.97 Å². The molecule has 0 bridgehead atoms. The number of ether oxygens (including phenoxy) is 2. The first-order valence-corrected chi connectivity index (χ1v) is 16.0. The molecule has 1 saturated heterocycles. The van der Waals surface area contributed by atoms with Gasteiger partial charge in [0.1, 0.15) is 5.76 Å². The maximum absolute atomic E-state index is 14.2. The number of halogens is 1. The largest absolute Gasteiger partial charge is 0.463 e. The number of hydrogen-bond acceptors (Lipinski definition) is 8. The topological polar surface area (TPSA) is 86.3 Å². The zero-order valence-electron chi connectivity index (χ0n) is 24.2. The first kappa shape index (κ1) is 29.3. The molecule has 2 aliphatic heterocycles. The lowest BCUT2D eigenvalue weighted by Crippen LogP contribution is -2.40. The minimum absolute atomic E-state index is 0.201. The van der Waals surface area contributed by atoms with Crippen molar-refractivity contribution >= 4 is 50.9 Å². The van der Waals surface area contributed by atoms with E-state index < -0.39 is 12.0 Å². The number of nitrogens with zero attached hydrogens (tertiary/aromatic N) is 3. The second-order valence-electron chi connectivity index (χ2n) is 10.7. The molecule has 10 heteroatoms. The third kappa shape index (κ3) is 5.79. The molecule has 4 heterocycles. The summed E-state index contributed by atoms with van der Waals surface area (Å²) >= 11 is 4.89. The van der Waals surface area contributed by atoms with Gasteiger partial charge in [0.25, 0.3) is 5.56 Å². The van der Waals surface area contributed by atoms with Gasteiger partial charge in [-0.05, 0) is 39.9 Å². The molecule has 0 amide bonds. The summed E-state index contributed by atoms with van der Waals surface area (Å²) in [5.41, 5.74) is 3.33. The number of anilines is 1. The molecule has 6 rings (SSSR count). The first-order chi connectivity index (χ1) is 20.9. The summed E-state index contributed by atoms with van der Waals surface area (Å²) in [5, 5.41) is 0. The molecule has 0 spiro atoms. The summed E-state index contributed by atoms with van der Waals surface area (Å²) in [5.74, 6) is 1.10. The van der Waals surface area contributed by atoms with Gasteiger partial charge in [0.2, 0.25) is 5.88 Å². The molecule has 1 atom stereocenters. The highest BCUT2D eigenvalue weighted by atomic mass is 79.9. The number of morpholine rings is 1. The van der Waals surface area contributed by atoms with Crippen molar-refractivity contribution in [2.45, 2.75) is 32.7 Å². The van der Waals surface area contributed by atoms with Crippen LogP contribution in [0.2, 0.25) is 0 Å². The van der Waals surface area contributed by atoms with Crippen LogP contribution in [0.25, 0.3) is 11.8 Å². The van der Waals surface area contributed by atoms with Gasteiger partial charge in [-0.2, -0.15) is 0 Å². The van der Waals surface area contributed by atoms with Gasteiger partial charge in [0.15, 0.2) is 4.80 Å². The Bertz CT molecular complexity index is 1850. The summed E-state index contributed by atoms with van der Waals surface area (Å²) < 4.78 is 20.1. The molecule has 2 aromatic heterocycles. The van der Waals surface area contributed by atoms with E-state index in [0.29, 0.717) is 51.4 Å². The number of thiazole rings is 1. The normalized spacial score (nSPS) is 17.3. The predicted octanol–water partition coefficient (Wildman–Crippen LogP) is 5.25. The minimum atomic E-state index is -0.721. The van der Waals surface area contributed by atoms with Gasteiger partial charge in [-0.25, -0.2) is 9.79 Å². The fraction of sp³-hybridized carbons (Fsp3) is 0.303. The SMILES string of the molecule is CCOC(=O)C1=C(c2ccccc2)N=c2sc(=Cc3cc(Br)c(N4CCOCC4)o3)c(=O)n2[C@H]1c1ccc(C(C)C)cc1. The number of carbonyl (C=O) groups excluding carboxylic acids is 1. The molecular formula is C33H32BrN3O5S. The average molecular weight is 663 g/mol. The average Bonchev–Trinajstić information content (AvgIpc) is 3.55. The number of benzene rings is 2. The summed E-state index contributed by atoms with van der Waals surface area (Å²) in [4.78, 5) is 35.4. The molecule has 0 aliphatic carbocycles. The number of carbonyl (C=O) groups is 1. The van der Waals surface area contributed by atoms with Gasteiger partial charge in [0, 0.05) is 30.8 Å². The Labute approximate surface area is 261 Å². The molecule has 0 unspecified atom stereocenters. The van der Waals surface area contributed by atoms with Crippen LogP contribution in [-0.4, -0.2) is 43.4 Å². The van der Waals surface area contributed by atoms with Crippen molar-refractivity contribution in [2.24, 2.45) is 4.99 Å². The highest BCUT2D eigenvalue weighted by Crippen LogP contribution is 2.36. The minimum Gasteiger partial charge on any atom is -0.463 e. The summed E-state index contributed by atoms with van der Waals surface area (Å²) in [6.07, 6.45) is 1.74. The van der Waals surface area contributed by atoms with E-state index in [1.165, 1.54) is 16.9 Å². The van der Waals surface area contributed by atoms with Gasteiger partial charge in [-0.3, -0.25) is 9.36 Å². The molecular weight excluding hydrogens is 630 g/mol. The highest BCUT2D eigenvalue weighted by molar-refractivity contribution is 9.10. The monoisotopic (exact) mass is 661 g/mol. The lowest BCUT2D eigenvalue weighted by molar-refractivity contribution is -0.138. The quantitative estimate of drug-likeness (QED) is 0.252. The Morgan fingerprint density at radius 3 is 2.53 bits per heavy atom. The molecule has 1 fully saturated rings. The van der Waals surface area contributed by atoms with Crippen molar-refractivity contribution in [3.63, 3.8) is 0 Å². The highest BCUT2D eigenvalue weighted by Gasteiger charge is 2.35. The first-order valence-electron chi connectivity index (χ1n) is 14.4. The number of rotatable bonds is 7. The van der Waals surface area contributed by atoms with E-state index in [1.54, 1.807) is 17.6 Å². The van der Waals surface area contributed by atoms with Crippen LogP contribution in [0.15, 0.2) is 84.9 Å². The van der Waals surface area contributed by atoms with Crippen molar-refractivity contribution in [1.82, 2.24) is 4.57 Å². The predicted molar refractivity (Wildman–Crippen MR) is 171 cm³/mol. The van der Waals surface area contributed by atoms with Crippen LogP contribution < -0.4 is 19.8 Å². The van der Waals surface area contributed by atoms with Gasteiger partial charge in [0.05, 0.1) is 46.1 Å². The van der Waals surface area contributed by atoms with Gasteiger partial charge in [-0.15, -0.1) is 0 Å². The van der Waals surface area contributed by atoms with Gasteiger partial charge in [-0.1, -0.05) is 79.8 Å². The summed E-state index contributed by atoms with van der Waals surface area (Å²) in [7, 11) is 0. The Morgan fingerprint density at radius 1 is 1.14 bits per heavy atom. The van der Waals surface area contributed by atoms with Crippen LogP contribution in [0, 0.1) is 0 Å². The van der Waals surface area contributed by atoms with Crippen molar-refractivity contribution in [3.8, 4) is 0 Å². The smallest absolute Gasteiger partial charge is 0.338 e. The molecule has 2 aromatic carbocycles. The zero-order valence-corrected chi connectivity index (χ0v) is 26.6. The molecule has 0 saturated carbocycles. The van der Waals surface area contributed by atoms with Crippen LogP contribution in [0.4, 0.5) is 5.88 Å². The lowest BCUT2D eigenvalue weighted by atomic mass is 9.91. The van der Waals surface area contributed by atoms with E-state index in [1.807, 2.05) is 60.7 Å². The van der Waals surface area contributed by atoms with E-state index >= 15 is 0 Å². The number of aromatic nitrogens is 1. The van der Waals surface area contributed by atoms with Crippen LogP contribution in [0.1, 0.15) is 55.2 Å². The van der Waals surface area contributed by atoms with Crippen molar-refractivity contribution in [1.29, 1.82) is 0 Å². The van der Waals surface area contributed by atoms with Gasteiger partial charge < -0.3 is 18.8 Å². The molecule has 0 radical (unpaired) electrons. The van der Waals surface area contributed by atoms with Crippen LogP contribution in [-0.2, 0) is 14.3 Å². The Kier molecular flexibility index (Phi) is 8.52. The van der Waals surface area contributed by atoms with Crippen molar-refractivity contribution in [3.05, 3.63) is 113 Å². The second-order valence-corrected chi connectivity index (χ2v) is 12.5. The maximum Gasteiger partial charge on any atom is 0.338 e. The molecule has 8 nitrogen and oxygen atoms in total. The Balaban J connectivity index is 1.55. The molecule has 43 heavy (non-hydrogen) atoms. The standard InChI is InChI=1S/C33H32BrN3O5S/c1-4-41-32(39)27-28(22-8-6-5-7-9-22)35-33-37(29(27)23-12-10-21(11-13-23)20(2)3)30(38)26(43-33)19-24-18-25(34)31(42-24)36-14-16-40-17-15-36/h5-13,18-20,29H,4,14-17H2,1-3H3/t29-/m0/s1. The summed E-state index contributed by atoms with van der Waals surface area (Å²) in [6.45, 7) is 8.95. The number of esters is 1. The second kappa shape index (κ2) is 12.5. The van der Waals surface area contributed by atoms with Crippen molar-refractivity contribution in [2.75, 3.05) is 37.8 Å². The van der Waals surface area contributed by atoms with E-state index in [0.717, 1.165) is 28.7 Å². The maximum atomic E-state index is 14.2. The third-order valence-electron chi connectivity index (χ3n) is 7.55. The fourth-order valence-electron chi connectivity index (χ4n) is 5.38. The molecule has 2 aliphatic rings. The molecule has 222 valence electrons. The van der Waals surface area contributed by atoms with E-state index in [4.69, 9.17) is 18.9 Å². The third-order valence-corrected chi connectivity index (χ3v) is 9.10. The van der Waals surface area contributed by atoms with E-state index in [-0.39, 0.29) is 12.2 Å². The number of furan rings is 1. The summed E-state index contributed by atoms with van der Waals surface area (Å²) in [6, 6.07) is 18.8. The zero-order chi connectivity index (χ0) is 30.1. The van der Waals surface area contributed by atoms with Crippen LogP contribution >= 0.6 is 27.3 Å². The van der Waals surface area contributed by atoms with Crippen molar-refractivity contribution < 1.29 is 18.7 Å². The Morgan fingerprint density at radius 2 is 1.86 bits per heavy atom.